The van der Waals surface area contributed by atoms with E-state index >= 15 is 0 Å². The quantitative estimate of drug-likeness (QED) is 0.264. The second kappa shape index (κ2) is 15.5. The fraction of sp³-hybridized carbons (Fsp3) is 1.00. The van der Waals surface area contributed by atoms with Crippen molar-refractivity contribution >= 4 is 0 Å². The largest absolute Gasteiger partial charge is 0.0654 e. The molecule has 1 saturated carbocycles. The summed E-state index contributed by atoms with van der Waals surface area (Å²) in [6.07, 6.45) is 28.3. The summed E-state index contributed by atoms with van der Waals surface area (Å²) in [6.45, 7) is 4.74. The zero-order chi connectivity index (χ0) is 16.6. The van der Waals surface area contributed by atoms with Crippen molar-refractivity contribution in [3.05, 3.63) is 0 Å². The first-order valence-electron chi connectivity index (χ1n) is 11.3. The fourth-order valence-electron chi connectivity index (χ4n) is 4.25. The van der Waals surface area contributed by atoms with Gasteiger partial charge in [0.1, 0.15) is 0 Å². The van der Waals surface area contributed by atoms with E-state index < -0.39 is 0 Å². The zero-order valence-electron chi connectivity index (χ0n) is 16.6. The number of hydrogen-bond acceptors (Lipinski definition) is 0. The van der Waals surface area contributed by atoms with Crippen LogP contribution in [0.3, 0.4) is 0 Å². The third kappa shape index (κ3) is 13.0. The summed E-state index contributed by atoms with van der Waals surface area (Å²) in [5.74, 6) is 2.10. The molecule has 0 aromatic heterocycles. The van der Waals surface area contributed by atoms with Crippen molar-refractivity contribution in [2.24, 2.45) is 11.8 Å². The summed E-state index contributed by atoms with van der Waals surface area (Å²) in [7, 11) is 0. The molecule has 138 valence electrons. The number of unbranched alkanes of at least 4 members (excludes halogenated alkanes) is 13. The van der Waals surface area contributed by atoms with E-state index in [0.29, 0.717) is 0 Å². The van der Waals surface area contributed by atoms with Crippen LogP contribution in [-0.4, -0.2) is 0 Å². The molecule has 0 saturated heterocycles. The minimum absolute atomic E-state index is 1.02. The molecule has 1 aliphatic rings. The molecule has 0 heteroatoms. The van der Waals surface area contributed by atoms with Gasteiger partial charge in [-0.15, -0.1) is 0 Å². The Bertz CT molecular complexity index is 224. The Hall–Kier alpha value is 0. The van der Waals surface area contributed by atoms with Gasteiger partial charge in [-0.05, 0) is 11.8 Å². The van der Waals surface area contributed by atoms with Crippen molar-refractivity contribution in [2.45, 2.75) is 136 Å². The van der Waals surface area contributed by atoms with Gasteiger partial charge in [0, 0.05) is 0 Å². The van der Waals surface area contributed by atoms with Gasteiger partial charge < -0.3 is 0 Å². The van der Waals surface area contributed by atoms with Crippen LogP contribution in [0.2, 0.25) is 0 Å². The van der Waals surface area contributed by atoms with E-state index in [1.807, 2.05) is 0 Å². The average Bonchev–Trinajstić information content (AvgIpc) is 2.57. The summed E-state index contributed by atoms with van der Waals surface area (Å²) in [5.41, 5.74) is 0. The SMILES string of the molecule is CCCCCCCCCCCCCCCCC1CCC(C)CC1. The van der Waals surface area contributed by atoms with E-state index in [1.165, 1.54) is 122 Å². The van der Waals surface area contributed by atoms with Gasteiger partial charge >= 0.3 is 0 Å². The molecule has 0 bridgehead atoms. The summed E-state index contributed by atoms with van der Waals surface area (Å²) >= 11 is 0. The van der Waals surface area contributed by atoms with E-state index in [2.05, 4.69) is 13.8 Å². The van der Waals surface area contributed by atoms with Gasteiger partial charge in [-0.1, -0.05) is 136 Å². The first-order valence-corrected chi connectivity index (χ1v) is 11.3. The molecule has 0 radical (unpaired) electrons. The zero-order valence-corrected chi connectivity index (χ0v) is 16.6. The van der Waals surface area contributed by atoms with Crippen molar-refractivity contribution in [1.29, 1.82) is 0 Å². The first-order chi connectivity index (χ1) is 11.3. The highest BCUT2D eigenvalue weighted by Crippen LogP contribution is 2.31. The van der Waals surface area contributed by atoms with Gasteiger partial charge in [0.2, 0.25) is 0 Å². The second-order valence-corrected chi connectivity index (χ2v) is 8.51. The van der Waals surface area contributed by atoms with Crippen LogP contribution in [0.5, 0.6) is 0 Å². The predicted molar refractivity (Wildman–Crippen MR) is 106 cm³/mol. The summed E-state index contributed by atoms with van der Waals surface area (Å²) in [6, 6.07) is 0. The third-order valence-electron chi connectivity index (χ3n) is 6.10. The van der Waals surface area contributed by atoms with E-state index in [4.69, 9.17) is 0 Å². The maximum absolute atomic E-state index is 2.43. The summed E-state index contributed by atoms with van der Waals surface area (Å²) in [4.78, 5) is 0. The van der Waals surface area contributed by atoms with Crippen LogP contribution in [-0.2, 0) is 0 Å². The molecule has 0 aliphatic heterocycles. The van der Waals surface area contributed by atoms with Crippen molar-refractivity contribution in [3.63, 3.8) is 0 Å². The van der Waals surface area contributed by atoms with Crippen LogP contribution in [0.15, 0.2) is 0 Å². The molecule has 0 spiro atoms. The van der Waals surface area contributed by atoms with Crippen LogP contribution in [0.1, 0.15) is 136 Å². The smallest absolute Gasteiger partial charge is 0.0414 e. The van der Waals surface area contributed by atoms with Gasteiger partial charge in [0.25, 0.3) is 0 Å². The number of hydrogen-bond donors (Lipinski definition) is 0. The van der Waals surface area contributed by atoms with Gasteiger partial charge in [-0.3, -0.25) is 0 Å². The highest BCUT2D eigenvalue weighted by Gasteiger charge is 2.17. The van der Waals surface area contributed by atoms with Crippen molar-refractivity contribution < 1.29 is 0 Å². The average molecular weight is 323 g/mol. The topological polar surface area (TPSA) is 0 Å². The predicted octanol–water partition coefficient (Wildman–Crippen LogP) is 8.68. The summed E-state index contributed by atoms with van der Waals surface area (Å²) < 4.78 is 0. The van der Waals surface area contributed by atoms with Crippen LogP contribution in [0.25, 0.3) is 0 Å². The van der Waals surface area contributed by atoms with Gasteiger partial charge in [0.15, 0.2) is 0 Å². The van der Waals surface area contributed by atoms with E-state index in [9.17, 15) is 0 Å². The molecule has 1 fully saturated rings. The van der Waals surface area contributed by atoms with E-state index in [1.54, 1.807) is 0 Å². The van der Waals surface area contributed by atoms with Gasteiger partial charge in [-0.2, -0.15) is 0 Å². The Kier molecular flexibility index (Phi) is 14.2. The fourth-order valence-corrected chi connectivity index (χ4v) is 4.25. The molecule has 0 amide bonds. The lowest BCUT2D eigenvalue weighted by molar-refractivity contribution is 0.271. The molecule has 0 aromatic rings. The molecule has 1 aliphatic carbocycles. The molecule has 0 nitrogen and oxygen atoms in total. The first kappa shape index (κ1) is 21.0. The standard InChI is InChI=1S/C23H46/c1-3-4-5-6-7-8-9-10-11-12-13-14-15-16-17-23-20-18-22(2)19-21-23/h22-23H,3-21H2,1-2H3. The Balaban J connectivity index is 1.70. The van der Waals surface area contributed by atoms with E-state index in [-0.39, 0.29) is 0 Å². The molecule has 0 heterocycles. The molecule has 0 N–H and O–H groups in total. The Morgan fingerprint density at radius 1 is 0.522 bits per heavy atom. The molecular weight excluding hydrogens is 276 g/mol. The normalized spacial score (nSPS) is 21.7. The lowest BCUT2D eigenvalue weighted by Crippen LogP contribution is -2.12. The summed E-state index contributed by atoms with van der Waals surface area (Å²) in [5, 5.41) is 0. The van der Waals surface area contributed by atoms with Gasteiger partial charge in [0.05, 0.1) is 0 Å². The van der Waals surface area contributed by atoms with E-state index in [0.717, 1.165) is 11.8 Å². The minimum atomic E-state index is 1.02. The van der Waals surface area contributed by atoms with Crippen LogP contribution in [0.4, 0.5) is 0 Å². The monoisotopic (exact) mass is 322 g/mol. The Labute approximate surface area is 148 Å². The molecule has 0 atom stereocenters. The highest BCUT2D eigenvalue weighted by molar-refractivity contribution is 4.69. The maximum atomic E-state index is 2.43. The lowest BCUT2D eigenvalue weighted by Gasteiger charge is -2.26. The van der Waals surface area contributed by atoms with Crippen LogP contribution in [0, 0.1) is 11.8 Å². The van der Waals surface area contributed by atoms with Gasteiger partial charge in [-0.25, -0.2) is 0 Å². The van der Waals surface area contributed by atoms with Crippen LogP contribution < -0.4 is 0 Å². The molecular formula is C23H46. The third-order valence-corrected chi connectivity index (χ3v) is 6.10. The van der Waals surface area contributed by atoms with Crippen molar-refractivity contribution in [3.8, 4) is 0 Å². The maximum Gasteiger partial charge on any atom is -0.0414 e. The van der Waals surface area contributed by atoms with Crippen molar-refractivity contribution in [2.75, 3.05) is 0 Å². The Morgan fingerprint density at radius 3 is 1.35 bits per heavy atom. The Morgan fingerprint density at radius 2 is 0.913 bits per heavy atom. The molecule has 0 aromatic carbocycles. The molecule has 0 unspecified atom stereocenters. The highest BCUT2D eigenvalue weighted by atomic mass is 14.2. The minimum Gasteiger partial charge on any atom is -0.0654 e. The van der Waals surface area contributed by atoms with Crippen molar-refractivity contribution in [1.82, 2.24) is 0 Å². The molecule has 1 rings (SSSR count). The molecule has 23 heavy (non-hydrogen) atoms. The lowest BCUT2D eigenvalue weighted by atomic mass is 9.80. The number of rotatable bonds is 15. The van der Waals surface area contributed by atoms with Crippen LogP contribution >= 0.6 is 0 Å². The second-order valence-electron chi connectivity index (χ2n) is 8.51.